The molecule has 0 spiro atoms. The average molecular weight is 287 g/mol. The molecular formula is C11H21N5O2S. The minimum atomic E-state index is -3.79. The van der Waals surface area contributed by atoms with Gasteiger partial charge in [0.2, 0.25) is 0 Å². The second-order valence-electron chi connectivity index (χ2n) is 4.96. The van der Waals surface area contributed by atoms with Crippen molar-refractivity contribution in [3.05, 3.63) is 12.0 Å². The van der Waals surface area contributed by atoms with Gasteiger partial charge in [0.1, 0.15) is 11.7 Å². The number of nitrogens with one attached hydrogen (secondary N) is 2. The zero-order valence-electron chi connectivity index (χ0n) is 11.7. The van der Waals surface area contributed by atoms with Gasteiger partial charge in [-0.2, -0.15) is 4.72 Å². The molecule has 1 heterocycles. The molecule has 0 unspecified atom stereocenters. The quantitative estimate of drug-likeness (QED) is 0.525. The Balaban J connectivity index is 3.08. The van der Waals surface area contributed by atoms with E-state index in [1.165, 1.54) is 20.0 Å². The van der Waals surface area contributed by atoms with Gasteiger partial charge in [0.05, 0.1) is 5.54 Å². The molecule has 0 fully saturated rings. The van der Waals surface area contributed by atoms with Crippen molar-refractivity contribution in [2.45, 2.75) is 51.2 Å². The maximum absolute atomic E-state index is 12.2. The van der Waals surface area contributed by atoms with Gasteiger partial charge in [-0.1, -0.05) is 6.92 Å². The van der Waals surface area contributed by atoms with Crippen LogP contribution in [0.3, 0.4) is 0 Å². The summed E-state index contributed by atoms with van der Waals surface area (Å²) in [5.41, 5.74) is 4.23. The Hall–Kier alpha value is -1.41. The highest BCUT2D eigenvalue weighted by molar-refractivity contribution is 7.89. The normalized spacial score (nSPS) is 12.6. The molecule has 0 aliphatic carbocycles. The van der Waals surface area contributed by atoms with Gasteiger partial charge in [-0.05, 0) is 27.2 Å². The largest absolute Gasteiger partial charge is 0.386 e. The maximum Gasteiger partial charge on any atom is 0.260 e. The number of sulfonamides is 1. The first kappa shape index (κ1) is 15.6. The highest BCUT2D eigenvalue weighted by atomic mass is 32.2. The fraction of sp³-hybridized carbons (Fsp3) is 0.636. The number of aromatic nitrogens is 2. The van der Waals surface area contributed by atoms with E-state index in [1.54, 1.807) is 11.5 Å². The second kappa shape index (κ2) is 5.30. The number of hydrogen-bond donors (Lipinski definition) is 3. The molecule has 0 aliphatic rings. The third kappa shape index (κ3) is 3.54. The van der Waals surface area contributed by atoms with E-state index in [9.17, 15) is 8.42 Å². The van der Waals surface area contributed by atoms with Crippen LogP contribution in [-0.2, 0) is 16.6 Å². The Morgan fingerprint density at radius 3 is 2.63 bits per heavy atom. The van der Waals surface area contributed by atoms with Crippen LogP contribution in [0.2, 0.25) is 0 Å². The van der Waals surface area contributed by atoms with Gasteiger partial charge in [-0.3, -0.25) is 5.41 Å². The summed E-state index contributed by atoms with van der Waals surface area (Å²) in [6.45, 7) is 7.53. The van der Waals surface area contributed by atoms with Crippen LogP contribution < -0.4 is 10.5 Å². The highest BCUT2D eigenvalue weighted by Crippen LogP contribution is 2.13. The average Bonchev–Trinajstić information content (AvgIpc) is 2.60. The van der Waals surface area contributed by atoms with E-state index in [-0.39, 0.29) is 10.9 Å². The summed E-state index contributed by atoms with van der Waals surface area (Å²) in [4.78, 5) is 4.05. The molecule has 4 N–H and O–H groups in total. The standard InChI is InChI=1S/C11H21N5O2S/c1-5-6-16-7-9(14-8(16)2)19(17,18)15-11(3,4)10(12)13/h7,15H,5-6H2,1-4H3,(H3,12,13). The summed E-state index contributed by atoms with van der Waals surface area (Å²) in [7, 11) is -3.79. The van der Waals surface area contributed by atoms with E-state index in [0.29, 0.717) is 12.4 Å². The first-order valence-corrected chi connectivity index (χ1v) is 7.50. The summed E-state index contributed by atoms with van der Waals surface area (Å²) in [5, 5.41) is 7.33. The van der Waals surface area contributed by atoms with Crippen molar-refractivity contribution in [3.8, 4) is 0 Å². The molecule has 0 atom stereocenters. The topological polar surface area (TPSA) is 114 Å². The zero-order chi connectivity index (χ0) is 14.8. The number of nitrogens with zero attached hydrogens (tertiary/aromatic N) is 2. The van der Waals surface area contributed by atoms with Crippen molar-refractivity contribution in [1.82, 2.24) is 14.3 Å². The molecule has 0 amide bonds. The predicted octanol–water partition coefficient (Wildman–Crippen LogP) is 0.594. The first-order valence-electron chi connectivity index (χ1n) is 6.02. The summed E-state index contributed by atoms with van der Waals surface area (Å²) >= 11 is 0. The molecule has 0 saturated heterocycles. The van der Waals surface area contributed by atoms with Gasteiger partial charge in [-0.25, -0.2) is 13.4 Å². The number of nitrogens with two attached hydrogens (primary N) is 1. The van der Waals surface area contributed by atoms with E-state index in [4.69, 9.17) is 11.1 Å². The fourth-order valence-corrected chi connectivity index (χ4v) is 2.92. The van der Waals surface area contributed by atoms with Crippen molar-refractivity contribution in [3.63, 3.8) is 0 Å². The number of hydrogen-bond acceptors (Lipinski definition) is 4. The number of imidazole rings is 1. The van der Waals surface area contributed by atoms with Gasteiger partial charge < -0.3 is 10.3 Å². The minimum absolute atomic E-state index is 0.0484. The smallest absolute Gasteiger partial charge is 0.260 e. The molecule has 0 aromatic carbocycles. The van der Waals surface area contributed by atoms with Crippen LogP contribution in [0.15, 0.2) is 11.2 Å². The summed E-state index contributed by atoms with van der Waals surface area (Å²) in [5.74, 6) is 0.392. The summed E-state index contributed by atoms with van der Waals surface area (Å²) < 4.78 is 28.5. The Labute approximate surface area is 113 Å². The second-order valence-corrected chi connectivity index (χ2v) is 6.59. The zero-order valence-corrected chi connectivity index (χ0v) is 12.5. The minimum Gasteiger partial charge on any atom is -0.386 e. The Morgan fingerprint density at radius 1 is 1.58 bits per heavy atom. The van der Waals surface area contributed by atoms with E-state index < -0.39 is 15.6 Å². The molecule has 19 heavy (non-hydrogen) atoms. The maximum atomic E-state index is 12.2. The van der Waals surface area contributed by atoms with Crippen molar-refractivity contribution >= 4 is 15.9 Å². The van der Waals surface area contributed by atoms with Gasteiger partial charge in [0.25, 0.3) is 10.0 Å². The predicted molar refractivity (Wildman–Crippen MR) is 73.6 cm³/mol. The molecule has 0 bridgehead atoms. The lowest BCUT2D eigenvalue weighted by Crippen LogP contribution is -2.52. The van der Waals surface area contributed by atoms with E-state index in [0.717, 1.165) is 6.42 Å². The molecule has 0 radical (unpaired) electrons. The third-order valence-electron chi connectivity index (χ3n) is 2.76. The molecule has 1 aromatic rings. The molecule has 0 aliphatic heterocycles. The lowest BCUT2D eigenvalue weighted by atomic mass is 10.1. The molecule has 8 heteroatoms. The molecule has 1 aromatic heterocycles. The number of aryl methyl sites for hydroxylation is 2. The molecule has 0 saturated carbocycles. The lowest BCUT2D eigenvalue weighted by molar-refractivity contribution is 0.539. The van der Waals surface area contributed by atoms with Crippen LogP contribution in [0.25, 0.3) is 0 Å². The van der Waals surface area contributed by atoms with Crippen LogP contribution in [0.1, 0.15) is 33.0 Å². The van der Waals surface area contributed by atoms with Crippen LogP contribution >= 0.6 is 0 Å². The van der Waals surface area contributed by atoms with Crippen molar-refractivity contribution < 1.29 is 8.42 Å². The summed E-state index contributed by atoms with van der Waals surface area (Å²) in [6, 6.07) is 0. The Bertz CT molecular complexity index is 574. The number of rotatable bonds is 6. The van der Waals surface area contributed by atoms with Gasteiger partial charge in [0, 0.05) is 12.7 Å². The van der Waals surface area contributed by atoms with Crippen molar-refractivity contribution in [1.29, 1.82) is 5.41 Å². The third-order valence-corrected chi connectivity index (χ3v) is 4.28. The summed E-state index contributed by atoms with van der Waals surface area (Å²) in [6.07, 6.45) is 2.39. The van der Waals surface area contributed by atoms with Crippen molar-refractivity contribution in [2.24, 2.45) is 5.73 Å². The van der Waals surface area contributed by atoms with Crippen LogP contribution in [-0.4, -0.2) is 29.3 Å². The van der Waals surface area contributed by atoms with Crippen LogP contribution in [0.4, 0.5) is 0 Å². The highest BCUT2D eigenvalue weighted by Gasteiger charge is 2.30. The molecular weight excluding hydrogens is 266 g/mol. The monoisotopic (exact) mass is 287 g/mol. The van der Waals surface area contributed by atoms with Gasteiger partial charge >= 0.3 is 0 Å². The van der Waals surface area contributed by atoms with E-state index >= 15 is 0 Å². The Morgan fingerprint density at radius 2 is 2.16 bits per heavy atom. The molecule has 1 rings (SSSR count). The lowest BCUT2D eigenvalue weighted by Gasteiger charge is -2.23. The van der Waals surface area contributed by atoms with Crippen LogP contribution in [0.5, 0.6) is 0 Å². The van der Waals surface area contributed by atoms with E-state index in [2.05, 4.69) is 9.71 Å². The van der Waals surface area contributed by atoms with E-state index in [1.807, 2.05) is 6.92 Å². The molecule has 108 valence electrons. The van der Waals surface area contributed by atoms with Gasteiger partial charge in [-0.15, -0.1) is 0 Å². The van der Waals surface area contributed by atoms with Crippen LogP contribution in [0, 0.1) is 12.3 Å². The Kier molecular flexibility index (Phi) is 4.36. The van der Waals surface area contributed by atoms with Gasteiger partial charge in [0.15, 0.2) is 5.03 Å². The molecule has 7 nitrogen and oxygen atoms in total. The van der Waals surface area contributed by atoms with Crippen molar-refractivity contribution in [2.75, 3.05) is 0 Å². The fourth-order valence-electron chi connectivity index (χ4n) is 1.52. The first-order chi connectivity index (χ1) is 8.60. The SMILES string of the molecule is CCCn1cc(S(=O)(=O)NC(C)(C)C(=N)N)nc1C. The number of amidine groups is 1.